The number of nitrogens with one attached hydrogen (secondary N) is 1. The average molecular weight is 1150 g/mol. The second kappa shape index (κ2) is 28.4. The summed E-state index contributed by atoms with van der Waals surface area (Å²) in [7, 11) is 7.45. The summed E-state index contributed by atoms with van der Waals surface area (Å²) in [5, 5.41) is 27.3. The predicted octanol–water partition coefficient (Wildman–Crippen LogP) is 5.15. The Hall–Kier alpha value is -5.53. The van der Waals surface area contributed by atoms with Crippen molar-refractivity contribution < 1.29 is 91.3 Å². The zero-order valence-electron chi connectivity index (χ0n) is 47.5. The minimum atomic E-state index is -1.75. The first kappa shape index (κ1) is 63.6. The summed E-state index contributed by atoms with van der Waals surface area (Å²) in [6.07, 6.45) is 3.19. The molecule has 24 nitrogen and oxygen atoms in total. The number of alkyl carbamates (subject to hydrolysis) is 1. The number of aliphatic hydroxyl groups is 2. The molecule has 0 radical (unpaired) electrons. The maximum absolute atomic E-state index is 14.1. The number of carbonyl (C=O) groups excluding carboxylic acids is 8. The lowest BCUT2D eigenvalue weighted by atomic mass is 9.81. The molecule has 6 amide bonds. The number of methoxy groups -OCH3 is 2. The van der Waals surface area contributed by atoms with Gasteiger partial charge in [0.15, 0.2) is 5.72 Å². The molecule has 6 rings (SSSR count). The van der Waals surface area contributed by atoms with Gasteiger partial charge in [-0.05, 0) is 83.3 Å². The van der Waals surface area contributed by atoms with E-state index in [9.17, 15) is 48.6 Å². The number of epoxide rings is 1. The predicted molar refractivity (Wildman–Crippen MR) is 283 cm³/mol. The smallest absolute Gasteiger partial charge is 0.410 e. The summed E-state index contributed by atoms with van der Waals surface area (Å²) in [5.41, 5.74) is -1.85. The van der Waals surface area contributed by atoms with Crippen molar-refractivity contribution in [2.45, 2.75) is 184 Å². The quantitative estimate of drug-likeness (QED) is 0.0592. The number of likely N-dealkylation sites (N-methyl/N-ethyl adjacent to an activating group) is 3. The highest BCUT2D eigenvalue weighted by Gasteiger charge is 2.64. The van der Waals surface area contributed by atoms with Crippen LogP contribution in [0.5, 0.6) is 0 Å². The second-order valence-electron chi connectivity index (χ2n) is 22.3. The number of amides is 6. The molecule has 6 aliphatic rings. The van der Waals surface area contributed by atoms with Crippen molar-refractivity contribution in [2.24, 2.45) is 17.8 Å². The average Bonchev–Trinajstić information content (AvgIpc) is 4.24. The number of carbonyl (C=O) groups is 8. The van der Waals surface area contributed by atoms with Gasteiger partial charge in [0.25, 0.3) is 11.8 Å². The highest BCUT2D eigenvalue weighted by molar-refractivity contribution is 6.30. The van der Waals surface area contributed by atoms with Crippen LogP contribution in [0, 0.1) is 17.8 Å². The first-order valence-corrected chi connectivity index (χ1v) is 28.1. The first-order chi connectivity index (χ1) is 37.9. The Bertz CT molecular complexity index is 2340. The lowest BCUT2D eigenvalue weighted by Crippen LogP contribution is -2.64. The van der Waals surface area contributed by atoms with Crippen molar-refractivity contribution in [3.8, 4) is 0 Å². The number of nitrogens with zero attached hydrogens (tertiary/aromatic N) is 4. The fraction of sp³-hybridized carbons (Fsp3) is 0.745. The van der Waals surface area contributed by atoms with Gasteiger partial charge in [-0.25, -0.2) is 24.0 Å². The van der Waals surface area contributed by atoms with E-state index in [2.05, 4.69) is 12.2 Å². The van der Waals surface area contributed by atoms with Crippen LogP contribution in [-0.4, -0.2) is 200 Å². The van der Waals surface area contributed by atoms with E-state index in [1.54, 1.807) is 26.2 Å². The molecule has 4 bridgehead atoms. The van der Waals surface area contributed by atoms with Crippen molar-refractivity contribution in [1.82, 2.24) is 25.1 Å². The SMILES string of the molecule is COC1=C(Cl)C2CC(=C1)CC(C)CCC[C@@H](OC)[C@@]1(O)C[C@H](OC(=O)N1)[C@@H](C)[C@@H]1O[C@@]1(C)[C@@H](OC(=O)[C@H](C)N(C)C(=O)CCOC(=O)N(C)CCN(C)C(=O)OC1/C=C/CC(OCC(=O)ON3C(=O)CCC3=O)CCC1)CC(O)C2. The Balaban J connectivity index is 0.984. The summed E-state index contributed by atoms with van der Waals surface area (Å²) in [4.78, 5) is 111. The molecule has 13 atom stereocenters. The summed E-state index contributed by atoms with van der Waals surface area (Å²) in [5.74, 6) is -3.41. The van der Waals surface area contributed by atoms with Gasteiger partial charge in [0.1, 0.15) is 55.0 Å². The van der Waals surface area contributed by atoms with Crippen molar-refractivity contribution >= 4 is 59.5 Å². The molecule has 3 heterocycles. The number of fused-ring (bicyclic) bond motifs is 5. The molecule has 0 aromatic heterocycles. The van der Waals surface area contributed by atoms with Crippen molar-refractivity contribution in [3.05, 3.63) is 34.6 Å². The van der Waals surface area contributed by atoms with Gasteiger partial charge in [0, 0.05) is 78.9 Å². The van der Waals surface area contributed by atoms with Gasteiger partial charge < -0.3 is 67.6 Å². The van der Waals surface area contributed by atoms with Crippen LogP contribution in [0.25, 0.3) is 0 Å². The van der Waals surface area contributed by atoms with E-state index < -0.39 is 114 Å². The molecule has 3 aliphatic heterocycles. The van der Waals surface area contributed by atoms with Crippen LogP contribution in [-0.2, 0) is 66.7 Å². The van der Waals surface area contributed by atoms with Gasteiger partial charge in [0.2, 0.25) is 5.91 Å². The molecule has 448 valence electrons. The van der Waals surface area contributed by atoms with Gasteiger partial charge in [-0.1, -0.05) is 49.9 Å². The van der Waals surface area contributed by atoms with Crippen molar-refractivity contribution in [1.29, 1.82) is 0 Å². The maximum Gasteiger partial charge on any atom is 0.410 e. The number of ether oxygens (including phenoxy) is 8. The van der Waals surface area contributed by atoms with Crippen LogP contribution >= 0.6 is 11.6 Å². The summed E-state index contributed by atoms with van der Waals surface area (Å²) in [6.45, 7) is 6.58. The molecule has 25 heteroatoms. The van der Waals surface area contributed by atoms with E-state index in [1.165, 1.54) is 49.9 Å². The Morgan fingerprint density at radius 3 is 2.30 bits per heavy atom. The molecule has 0 aromatic rings. The van der Waals surface area contributed by atoms with E-state index in [0.29, 0.717) is 60.8 Å². The molecule has 3 saturated heterocycles. The van der Waals surface area contributed by atoms with Gasteiger partial charge >= 0.3 is 30.2 Å². The molecule has 0 aromatic carbocycles. The molecule has 3 N–H and O–H groups in total. The summed E-state index contributed by atoms with van der Waals surface area (Å²) in [6, 6.07) is -1.14. The van der Waals surface area contributed by atoms with Crippen LogP contribution in [0.2, 0.25) is 0 Å². The zero-order valence-corrected chi connectivity index (χ0v) is 48.3. The number of rotatable bonds is 16. The number of hydrogen-bond donors (Lipinski definition) is 3. The van der Waals surface area contributed by atoms with E-state index in [1.807, 2.05) is 13.0 Å². The van der Waals surface area contributed by atoms with Crippen molar-refractivity contribution in [2.75, 3.05) is 61.7 Å². The number of imide groups is 1. The third-order valence-electron chi connectivity index (χ3n) is 16.1. The minimum absolute atomic E-state index is 0.0107. The van der Waals surface area contributed by atoms with Crippen LogP contribution in [0.3, 0.4) is 0 Å². The number of hydrogen-bond acceptors (Lipinski definition) is 19. The van der Waals surface area contributed by atoms with E-state index >= 15 is 0 Å². The van der Waals surface area contributed by atoms with E-state index in [4.69, 9.17) is 54.3 Å². The third kappa shape index (κ3) is 16.8. The largest absolute Gasteiger partial charge is 0.496 e. The summed E-state index contributed by atoms with van der Waals surface area (Å²) < 4.78 is 46.5. The summed E-state index contributed by atoms with van der Waals surface area (Å²) >= 11 is 6.89. The zero-order chi connectivity index (χ0) is 58.6. The first-order valence-electron chi connectivity index (χ1n) is 27.7. The Morgan fingerprint density at radius 1 is 0.925 bits per heavy atom. The second-order valence-corrected chi connectivity index (χ2v) is 22.7. The fourth-order valence-electron chi connectivity index (χ4n) is 11.0. The van der Waals surface area contributed by atoms with Gasteiger partial charge in [-0.15, -0.1) is 5.06 Å². The van der Waals surface area contributed by atoms with Crippen LogP contribution in [0.15, 0.2) is 34.6 Å². The number of aliphatic hydroxyl groups excluding tert-OH is 1. The van der Waals surface area contributed by atoms with Gasteiger partial charge in [-0.2, -0.15) is 0 Å². The Labute approximate surface area is 472 Å². The van der Waals surface area contributed by atoms with Gasteiger partial charge in [-0.3, -0.25) is 19.7 Å². The highest BCUT2D eigenvalue weighted by atomic mass is 35.5. The fourth-order valence-corrected chi connectivity index (χ4v) is 11.3. The number of hydroxylamine groups is 2. The molecule has 4 fully saturated rings. The molecule has 3 aliphatic carbocycles. The van der Waals surface area contributed by atoms with E-state index in [-0.39, 0.29) is 76.2 Å². The minimum Gasteiger partial charge on any atom is -0.496 e. The van der Waals surface area contributed by atoms with Crippen LogP contribution in [0.4, 0.5) is 14.4 Å². The molecule has 1 saturated carbocycles. The number of allylic oxidation sites excluding steroid dienone is 3. The molecular formula is C55H82ClN5O19. The number of halogens is 1. The Kier molecular flexibility index (Phi) is 22.6. The highest BCUT2D eigenvalue weighted by Crippen LogP contribution is 2.50. The lowest BCUT2D eigenvalue weighted by molar-refractivity contribution is -0.201. The molecule has 5 unspecified atom stereocenters. The molecule has 0 spiro atoms. The molecule has 80 heavy (non-hydrogen) atoms. The standard InChI is InChI=1S/C55H82ClN5O19/c1-32-13-10-18-42(73-9)55(71)30-41(77-51(68)57-55)33(2)49-54(4,79-49)43(29-37(62)28-36-26-35(25-32)27-40(72-8)48(36)56)78-50(67)34(3)60(7)44(63)21-24-74-52(69)58(5)22-23-59(6)53(70)76-39-16-11-14-38(15-12-17-39)75-31-47(66)80-61-45(64)19-20-46(61)65/h11,16,27,32-34,36-39,41-43,49,62,71H,10,12-15,17-26,28-31H2,1-9H3,(H,57,68)/b16-11+/t32?,33-,34+,36?,37?,38?,39?,41+,42-,43+,49+,54+,55+/m1/s1. The van der Waals surface area contributed by atoms with Crippen molar-refractivity contribution in [3.63, 3.8) is 0 Å². The monoisotopic (exact) mass is 1150 g/mol. The van der Waals surface area contributed by atoms with E-state index in [0.717, 1.165) is 18.4 Å². The Morgan fingerprint density at radius 2 is 1.61 bits per heavy atom. The van der Waals surface area contributed by atoms with Gasteiger partial charge in [0.05, 0.1) is 36.9 Å². The maximum atomic E-state index is 14.1. The van der Waals surface area contributed by atoms with Crippen LogP contribution < -0.4 is 5.32 Å². The third-order valence-corrected chi connectivity index (χ3v) is 16.6. The topological polar surface area (TPSA) is 288 Å². The number of esters is 1. The van der Waals surface area contributed by atoms with Crippen LogP contribution in [0.1, 0.15) is 124 Å². The molecular weight excluding hydrogens is 1070 g/mol. The normalized spacial score (nSPS) is 32.0. The lowest BCUT2D eigenvalue weighted by Gasteiger charge is -2.43.